The Labute approximate surface area is 165 Å². The molecule has 3 amide bonds. The molecule has 0 aromatic heterocycles. The Kier molecular flexibility index (Phi) is 7.79. The van der Waals surface area contributed by atoms with Crippen LogP contribution in [0.4, 0.5) is 0 Å². The summed E-state index contributed by atoms with van der Waals surface area (Å²) in [5.41, 5.74) is 6.44. The third-order valence-corrected chi connectivity index (χ3v) is 4.41. The minimum Gasteiger partial charge on any atom is -0.368 e. The Bertz CT molecular complexity index is 724. The van der Waals surface area contributed by atoms with Crippen molar-refractivity contribution in [1.29, 1.82) is 0 Å². The van der Waals surface area contributed by atoms with Crippen molar-refractivity contribution in [3.8, 4) is 0 Å². The fourth-order valence-electron chi connectivity index (χ4n) is 2.86. The summed E-state index contributed by atoms with van der Waals surface area (Å²) in [6.07, 6.45) is 0. The molecule has 152 valence electrons. The van der Waals surface area contributed by atoms with Gasteiger partial charge in [-0.3, -0.25) is 14.4 Å². The van der Waals surface area contributed by atoms with Gasteiger partial charge in [-0.1, -0.05) is 12.1 Å². The second-order valence-electron chi connectivity index (χ2n) is 6.51. The van der Waals surface area contributed by atoms with E-state index in [2.05, 4.69) is 20.5 Å². The third-order valence-electron chi connectivity index (χ3n) is 4.41. The molecule has 1 fully saturated rings. The van der Waals surface area contributed by atoms with E-state index in [0.29, 0.717) is 25.2 Å². The maximum Gasteiger partial charge on any atom is 0.251 e. The minimum absolute atomic E-state index is 0.0987. The highest BCUT2D eigenvalue weighted by Crippen LogP contribution is 2.08. The molecule has 0 bridgehead atoms. The summed E-state index contributed by atoms with van der Waals surface area (Å²) >= 11 is 0. The number of primary amides is 1. The maximum atomic E-state index is 11.9. The Morgan fingerprint density at radius 2 is 1.64 bits per heavy atom. The van der Waals surface area contributed by atoms with E-state index in [4.69, 9.17) is 5.73 Å². The van der Waals surface area contributed by atoms with Crippen LogP contribution in [-0.2, 0) is 16.1 Å². The van der Waals surface area contributed by atoms with E-state index >= 15 is 0 Å². The molecule has 1 aromatic rings. The molecule has 1 aromatic carbocycles. The Balaban J connectivity index is 1.96. The smallest absolute Gasteiger partial charge is 0.251 e. The first-order valence-corrected chi connectivity index (χ1v) is 9.35. The summed E-state index contributed by atoms with van der Waals surface area (Å²) in [7, 11) is 0. The van der Waals surface area contributed by atoms with Gasteiger partial charge in [-0.2, -0.15) is 0 Å². The molecule has 1 saturated heterocycles. The van der Waals surface area contributed by atoms with Crippen LogP contribution in [0.25, 0.3) is 0 Å². The number of carbonyl (C=O) groups excluding carboxylic acids is 3. The summed E-state index contributed by atoms with van der Waals surface area (Å²) in [6.45, 7) is 7.50. The van der Waals surface area contributed by atoms with Crippen molar-refractivity contribution in [2.24, 2.45) is 10.7 Å². The molecular formula is C19H28N6O3. The minimum atomic E-state index is -0.584. The first kappa shape index (κ1) is 21.2. The Morgan fingerprint density at radius 1 is 1.04 bits per heavy atom. The van der Waals surface area contributed by atoms with Gasteiger partial charge in [0.25, 0.3) is 5.91 Å². The molecule has 1 heterocycles. The van der Waals surface area contributed by atoms with Crippen molar-refractivity contribution in [3.63, 3.8) is 0 Å². The molecule has 9 heteroatoms. The lowest BCUT2D eigenvalue weighted by atomic mass is 10.1. The van der Waals surface area contributed by atoms with Crippen LogP contribution in [-0.4, -0.2) is 72.7 Å². The topological polar surface area (TPSA) is 120 Å². The first-order valence-electron chi connectivity index (χ1n) is 9.35. The van der Waals surface area contributed by atoms with Crippen LogP contribution in [0.5, 0.6) is 0 Å². The van der Waals surface area contributed by atoms with Gasteiger partial charge in [-0.25, -0.2) is 4.99 Å². The van der Waals surface area contributed by atoms with Gasteiger partial charge < -0.3 is 26.2 Å². The van der Waals surface area contributed by atoms with E-state index in [9.17, 15) is 14.4 Å². The molecule has 0 aliphatic carbocycles. The van der Waals surface area contributed by atoms with Crippen LogP contribution in [0.2, 0.25) is 0 Å². The zero-order valence-electron chi connectivity index (χ0n) is 16.4. The number of nitrogens with two attached hydrogens (primary N) is 1. The number of rotatable bonds is 6. The van der Waals surface area contributed by atoms with Crippen LogP contribution in [0.1, 0.15) is 29.8 Å². The molecule has 1 aliphatic rings. The van der Waals surface area contributed by atoms with Gasteiger partial charge in [0.15, 0.2) is 5.96 Å². The van der Waals surface area contributed by atoms with Crippen molar-refractivity contribution in [2.45, 2.75) is 20.4 Å². The predicted octanol–water partition coefficient (Wildman–Crippen LogP) is -0.469. The molecular weight excluding hydrogens is 360 g/mol. The number of hydrogen-bond acceptors (Lipinski definition) is 4. The summed E-state index contributed by atoms with van der Waals surface area (Å²) in [6, 6.07) is 7.05. The fraction of sp³-hybridized carbons (Fsp3) is 0.474. The van der Waals surface area contributed by atoms with Crippen molar-refractivity contribution >= 4 is 23.7 Å². The SMILES string of the molecule is CCNC(=NCc1ccc(C(=O)NCC(N)=O)cc1)N1CCN(C(C)=O)CC1. The number of benzene rings is 1. The normalized spacial score (nSPS) is 14.6. The van der Waals surface area contributed by atoms with E-state index in [1.165, 1.54) is 0 Å². The monoisotopic (exact) mass is 388 g/mol. The Hall–Kier alpha value is -3.10. The Morgan fingerprint density at radius 3 is 2.18 bits per heavy atom. The first-order chi connectivity index (χ1) is 13.4. The van der Waals surface area contributed by atoms with Gasteiger partial charge in [0.2, 0.25) is 11.8 Å². The van der Waals surface area contributed by atoms with Crippen LogP contribution < -0.4 is 16.4 Å². The van der Waals surface area contributed by atoms with Gasteiger partial charge in [-0.05, 0) is 24.6 Å². The summed E-state index contributed by atoms with van der Waals surface area (Å²) in [4.78, 5) is 42.8. The number of nitrogens with one attached hydrogen (secondary N) is 2. The molecule has 28 heavy (non-hydrogen) atoms. The molecule has 2 rings (SSSR count). The van der Waals surface area contributed by atoms with E-state index in [1.54, 1.807) is 19.1 Å². The van der Waals surface area contributed by atoms with Crippen molar-refractivity contribution in [3.05, 3.63) is 35.4 Å². The van der Waals surface area contributed by atoms with Gasteiger partial charge in [-0.15, -0.1) is 0 Å². The highest BCUT2D eigenvalue weighted by molar-refractivity contribution is 5.96. The molecule has 0 atom stereocenters. The molecule has 0 saturated carbocycles. The molecule has 0 spiro atoms. The lowest BCUT2D eigenvalue weighted by Crippen LogP contribution is -2.53. The standard InChI is InChI=1S/C19H28N6O3/c1-3-21-19(25-10-8-24(9-11-25)14(2)26)23-12-15-4-6-16(7-5-15)18(28)22-13-17(20)27/h4-7H,3,8-13H2,1-2H3,(H2,20,27)(H,21,23)(H,22,28). The van der Waals surface area contributed by atoms with Crippen molar-refractivity contribution in [1.82, 2.24) is 20.4 Å². The molecule has 0 unspecified atom stereocenters. The van der Waals surface area contributed by atoms with Crippen LogP contribution in [0, 0.1) is 0 Å². The number of nitrogens with zero attached hydrogens (tertiary/aromatic N) is 3. The zero-order chi connectivity index (χ0) is 20.5. The average molecular weight is 388 g/mol. The number of hydrogen-bond donors (Lipinski definition) is 3. The lowest BCUT2D eigenvalue weighted by molar-refractivity contribution is -0.130. The number of carbonyl (C=O) groups is 3. The second kappa shape index (κ2) is 10.3. The quantitative estimate of drug-likeness (QED) is 0.450. The van der Waals surface area contributed by atoms with E-state index in [1.807, 2.05) is 24.0 Å². The van der Waals surface area contributed by atoms with Crippen LogP contribution >= 0.6 is 0 Å². The number of amides is 3. The van der Waals surface area contributed by atoms with Gasteiger partial charge in [0.05, 0.1) is 13.1 Å². The van der Waals surface area contributed by atoms with Crippen LogP contribution in [0.15, 0.2) is 29.3 Å². The predicted molar refractivity (Wildman–Crippen MR) is 107 cm³/mol. The average Bonchev–Trinajstić information content (AvgIpc) is 2.69. The van der Waals surface area contributed by atoms with Crippen molar-refractivity contribution in [2.75, 3.05) is 39.3 Å². The van der Waals surface area contributed by atoms with E-state index in [-0.39, 0.29) is 18.4 Å². The largest absolute Gasteiger partial charge is 0.368 e. The zero-order valence-corrected chi connectivity index (χ0v) is 16.4. The number of guanidine groups is 1. The summed E-state index contributed by atoms with van der Waals surface area (Å²) in [5.74, 6) is -0.0135. The highest BCUT2D eigenvalue weighted by Gasteiger charge is 2.20. The molecule has 4 N–H and O–H groups in total. The van der Waals surface area contributed by atoms with Gasteiger partial charge in [0, 0.05) is 45.2 Å². The van der Waals surface area contributed by atoms with Gasteiger partial charge in [0.1, 0.15) is 0 Å². The summed E-state index contributed by atoms with van der Waals surface area (Å²) < 4.78 is 0. The van der Waals surface area contributed by atoms with E-state index < -0.39 is 5.91 Å². The fourth-order valence-corrected chi connectivity index (χ4v) is 2.86. The van der Waals surface area contributed by atoms with E-state index in [0.717, 1.165) is 31.2 Å². The number of piperazine rings is 1. The molecule has 0 radical (unpaired) electrons. The van der Waals surface area contributed by atoms with Crippen LogP contribution in [0.3, 0.4) is 0 Å². The third kappa shape index (κ3) is 6.26. The maximum absolute atomic E-state index is 11.9. The summed E-state index contributed by atoms with van der Waals surface area (Å²) in [5, 5.41) is 5.74. The molecule has 1 aliphatic heterocycles. The highest BCUT2D eigenvalue weighted by atomic mass is 16.2. The molecule has 9 nitrogen and oxygen atoms in total. The second-order valence-corrected chi connectivity index (χ2v) is 6.51. The lowest BCUT2D eigenvalue weighted by Gasteiger charge is -2.36. The van der Waals surface area contributed by atoms with Crippen molar-refractivity contribution < 1.29 is 14.4 Å². The van der Waals surface area contributed by atoms with Gasteiger partial charge >= 0.3 is 0 Å². The number of aliphatic imine (C=N–C) groups is 1.